The van der Waals surface area contributed by atoms with Gasteiger partial charge in [0.2, 0.25) is 11.8 Å². The smallest absolute Gasteiger partial charge is 0.247 e. The zero-order valence-corrected chi connectivity index (χ0v) is 13.4. The highest BCUT2D eigenvalue weighted by Gasteiger charge is 2.26. The Bertz CT molecular complexity index is 774. The summed E-state index contributed by atoms with van der Waals surface area (Å²) in [7, 11) is 0. The summed E-state index contributed by atoms with van der Waals surface area (Å²) in [6, 6.07) is 7.86. The predicted molar refractivity (Wildman–Crippen MR) is 89.0 cm³/mol. The van der Waals surface area contributed by atoms with Crippen molar-refractivity contribution in [3.05, 3.63) is 60.5 Å². The van der Waals surface area contributed by atoms with Crippen molar-refractivity contribution in [1.29, 1.82) is 0 Å². The molecule has 1 atom stereocenters. The minimum Gasteiger partial charge on any atom is -0.420 e. The van der Waals surface area contributed by atoms with Gasteiger partial charge in [-0.2, -0.15) is 0 Å². The number of pyridine rings is 2. The topological polar surface area (TPSA) is 67.9 Å². The van der Waals surface area contributed by atoms with E-state index in [2.05, 4.69) is 31.1 Å². The van der Waals surface area contributed by atoms with Crippen LogP contribution in [-0.2, 0) is 6.54 Å². The van der Waals surface area contributed by atoms with E-state index in [-0.39, 0.29) is 0 Å². The summed E-state index contributed by atoms with van der Waals surface area (Å²) in [6.45, 7) is 2.94. The van der Waals surface area contributed by atoms with Gasteiger partial charge in [0.25, 0.3) is 0 Å². The molecule has 3 aromatic rings. The van der Waals surface area contributed by atoms with Crippen LogP contribution in [0.1, 0.15) is 30.2 Å². The molecule has 0 aromatic carbocycles. The van der Waals surface area contributed by atoms with Crippen LogP contribution in [0, 0.1) is 0 Å². The van der Waals surface area contributed by atoms with Crippen molar-refractivity contribution < 1.29 is 4.42 Å². The molecule has 1 saturated heterocycles. The second kappa shape index (κ2) is 6.88. The average Bonchev–Trinajstić information content (AvgIpc) is 3.14. The van der Waals surface area contributed by atoms with Gasteiger partial charge in [0, 0.05) is 43.4 Å². The zero-order chi connectivity index (χ0) is 16.2. The van der Waals surface area contributed by atoms with Crippen LogP contribution in [0.4, 0.5) is 0 Å². The molecule has 0 amide bonds. The molecule has 6 heteroatoms. The maximum Gasteiger partial charge on any atom is 0.247 e. The van der Waals surface area contributed by atoms with Gasteiger partial charge in [-0.3, -0.25) is 14.9 Å². The van der Waals surface area contributed by atoms with Crippen molar-refractivity contribution in [2.45, 2.75) is 25.3 Å². The molecule has 0 saturated carbocycles. The van der Waals surface area contributed by atoms with E-state index >= 15 is 0 Å². The summed E-state index contributed by atoms with van der Waals surface area (Å²) in [6.07, 6.45) is 9.42. The molecule has 0 radical (unpaired) electrons. The Labute approximate surface area is 140 Å². The van der Waals surface area contributed by atoms with Crippen molar-refractivity contribution in [3.63, 3.8) is 0 Å². The Balaban J connectivity index is 1.45. The lowest BCUT2D eigenvalue weighted by Gasteiger charge is -2.30. The molecule has 4 rings (SSSR count). The second-order valence-corrected chi connectivity index (χ2v) is 6.12. The number of aromatic nitrogens is 4. The molecule has 24 heavy (non-hydrogen) atoms. The molecular formula is C18H19N5O. The lowest BCUT2D eigenvalue weighted by atomic mass is 9.97. The van der Waals surface area contributed by atoms with E-state index < -0.39 is 0 Å². The van der Waals surface area contributed by atoms with Crippen molar-refractivity contribution in [1.82, 2.24) is 25.1 Å². The number of rotatable bonds is 4. The van der Waals surface area contributed by atoms with Crippen LogP contribution in [0.2, 0.25) is 0 Å². The molecule has 4 heterocycles. The van der Waals surface area contributed by atoms with Crippen LogP contribution in [0.25, 0.3) is 11.5 Å². The number of likely N-dealkylation sites (tertiary alicyclic amines) is 1. The van der Waals surface area contributed by atoms with Crippen LogP contribution in [0.3, 0.4) is 0 Å². The van der Waals surface area contributed by atoms with Gasteiger partial charge in [0.05, 0.1) is 5.92 Å². The van der Waals surface area contributed by atoms with Crippen LogP contribution < -0.4 is 0 Å². The number of nitrogens with zero attached hydrogens (tertiary/aromatic N) is 5. The van der Waals surface area contributed by atoms with Crippen molar-refractivity contribution >= 4 is 0 Å². The highest BCUT2D eigenvalue weighted by Crippen LogP contribution is 2.28. The first-order chi connectivity index (χ1) is 11.9. The molecule has 1 fully saturated rings. The van der Waals surface area contributed by atoms with Gasteiger partial charge in [-0.25, -0.2) is 0 Å². The highest BCUT2D eigenvalue weighted by molar-refractivity contribution is 5.50. The lowest BCUT2D eigenvalue weighted by Crippen LogP contribution is -2.34. The maximum atomic E-state index is 5.92. The number of hydrogen-bond donors (Lipinski definition) is 0. The molecule has 0 bridgehead atoms. The van der Waals surface area contributed by atoms with Gasteiger partial charge in [-0.1, -0.05) is 6.07 Å². The van der Waals surface area contributed by atoms with Gasteiger partial charge in [-0.15, -0.1) is 10.2 Å². The van der Waals surface area contributed by atoms with E-state index in [0.29, 0.717) is 11.8 Å². The van der Waals surface area contributed by atoms with Gasteiger partial charge >= 0.3 is 0 Å². The Morgan fingerprint density at radius 1 is 1.08 bits per heavy atom. The summed E-state index contributed by atoms with van der Waals surface area (Å²) >= 11 is 0. The third-order valence-corrected chi connectivity index (χ3v) is 4.35. The highest BCUT2D eigenvalue weighted by atomic mass is 16.4. The standard InChI is InChI=1S/C18H19N5O/c1-3-14(11-20-7-1)12-23-10-2-4-16(13-23)18-22-21-17(24-18)15-5-8-19-9-6-15/h1,3,5-9,11,16H,2,4,10,12-13H2/t16-/m1/s1. The van der Waals surface area contributed by atoms with E-state index in [1.165, 1.54) is 5.56 Å². The molecule has 6 nitrogen and oxygen atoms in total. The van der Waals surface area contributed by atoms with E-state index in [1.807, 2.05) is 30.6 Å². The Hall–Kier alpha value is -2.60. The van der Waals surface area contributed by atoms with Crippen LogP contribution in [0.5, 0.6) is 0 Å². The van der Waals surface area contributed by atoms with E-state index in [4.69, 9.17) is 4.42 Å². The van der Waals surface area contributed by atoms with Gasteiger partial charge < -0.3 is 4.42 Å². The first kappa shape index (κ1) is 15.0. The molecule has 1 aliphatic rings. The summed E-state index contributed by atoms with van der Waals surface area (Å²) in [5, 5.41) is 8.48. The predicted octanol–water partition coefficient (Wildman–Crippen LogP) is 2.91. The summed E-state index contributed by atoms with van der Waals surface area (Å²) in [4.78, 5) is 10.6. The fourth-order valence-electron chi connectivity index (χ4n) is 3.16. The molecule has 1 aliphatic heterocycles. The first-order valence-electron chi connectivity index (χ1n) is 8.23. The monoisotopic (exact) mass is 321 g/mol. The largest absolute Gasteiger partial charge is 0.420 e. The van der Waals surface area contributed by atoms with Crippen molar-refractivity contribution in [2.75, 3.05) is 13.1 Å². The molecule has 3 aromatic heterocycles. The minimum absolute atomic E-state index is 0.290. The van der Waals surface area contributed by atoms with Gasteiger partial charge in [-0.05, 0) is 43.1 Å². The second-order valence-electron chi connectivity index (χ2n) is 6.12. The summed E-state index contributed by atoms with van der Waals surface area (Å²) in [5.41, 5.74) is 2.15. The molecule has 122 valence electrons. The Morgan fingerprint density at radius 2 is 2.00 bits per heavy atom. The van der Waals surface area contributed by atoms with Gasteiger partial charge in [0.1, 0.15) is 0 Å². The van der Waals surface area contributed by atoms with Crippen LogP contribution in [0.15, 0.2) is 53.5 Å². The zero-order valence-electron chi connectivity index (χ0n) is 13.4. The molecule has 0 unspecified atom stereocenters. The SMILES string of the molecule is c1cncc(CN2CCC[C@@H](c3nnc(-c4ccncc4)o3)C2)c1. The molecular weight excluding hydrogens is 302 g/mol. The molecule has 0 aliphatic carbocycles. The fraction of sp³-hybridized carbons (Fsp3) is 0.333. The maximum absolute atomic E-state index is 5.92. The number of piperidine rings is 1. The first-order valence-corrected chi connectivity index (χ1v) is 8.23. The quantitative estimate of drug-likeness (QED) is 0.736. The third kappa shape index (κ3) is 3.33. The van der Waals surface area contributed by atoms with Crippen LogP contribution in [-0.4, -0.2) is 38.2 Å². The third-order valence-electron chi connectivity index (χ3n) is 4.35. The van der Waals surface area contributed by atoms with Crippen molar-refractivity contribution in [2.24, 2.45) is 0 Å². The Morgan fingerprint density at radius 3 is 2.83 bits per heavy atom. The lowest BCUT2D eigenvalue weighted by molar-refractivity contribution is 0.186. The van der Waals surface area contributed by atoms with Gasteiger partial charge in [0.15, 0.2) is 0 Å². The summed E-state index contributed by atoms with van der Waals surface area (Å²) < 4.78 is 5.92. The average molecular weight is 321 g/mol. The minimum atomic E-state index is 0.290. The van der Waals surface area contributed by atoms with E-state index in [0.717, 1.165) is 43.9 Å². The van der Waals surface area contributed by atoms with E-state index in [9.17, 15) is 0 Å². The normalized spacial score (nSPS) is 18.6. The fourth-order valence-corrected chi connectivity index (χ4v) is 3.16. The summed E-state index contributed by atoms with van der Waals surface area (Å²) in [5.74, 6) is 1.59. The molecule has 0 spiro atoms. The number of hydrogen-bond acceptors (Lipinski definition) is 6. The Kier molecular flexibility index (Phi) is 4.29. The van der Waals surface area contributed by atoms with Crippen molar-refractivity contribution in [3.8, 4) is 11.5 Å². The molecule has 0 N–H and O–H groups in total. The van der Waals surface area contributed by atoms with Crippen LogP contribution >= 0.6 is 0 Å². The van der Waals surface area contributed by atoms with E-state index in [1.54, 1.807) is 12.4 Å².